The lowest BCUT2D eigenvalue weighted by atomic mass is 9.87. The van der Waals surface area contributed by atoms with Crippen LogP contribution in [0.25, 0.3) is 0 Å². The maximum atomic E-state index is 11.7. The average Bonchev–Trinajstić information content (AvgIpc) is 2.99. The number of hydrogen-bond acceptors (Lipinski definition) is 5. The van der Waals surface area contributed by atoms with Gasteiger partial charge in [-0.05, 0) is 25.9 Å². The summed E-state index contributed by atoms with van der Waals surface area (Å²) in [7, 11) is 0. The lowest BCUT2D eigenvalue weighted by Gasteiger charge is -2.27. The second kappa shape index (κ2) is 9.07. The van der Waals surface area contributed by atoms with Gasteiger partial charge in [0.15, 0.2) is 0 Å². The molecule has 1 atom stereocenters. The highest BCUT2D eigenvalue weighted by Gasteiger charge is 2.32. The third kappa shape index (κ3) is 6.29. The van der Waals surface area contributed by atoms with E-state index in [1.54, 1.807) is 13.8 Å². The third-order valence-electron chi connectivity index (χ3n) is 4.00. The molecule has 1 fully saturated rings. The van der Waals surface area contributed by atoms with Crippen LogP contribution in [0.5, 0.6) is 0 Å². The SMILES string of the molecule is CC(C)(CO)[C@@H](O)C(=O)NCCC(=O)NCCN1CCCC1. The highest BCUT2D eigenvalue weighted by atomic mass is 16.3. The summed E-state index contributed by atoms with van der Waals surface area (Å²) >= 11 is 0. The first-order chi connectivity index (χ1) is 10.4. The fraction of sp³-hybridized carbons (Fsp3) is 0.867. The Morgan fingerprint density at radius 3 is 2.41 bits per heavy atom. The molecular formula is C15H29N3O4. The zero-order valence-corrected chi connectivity index (χ0v) is 13.6. The van der Waals surface area contributed by atoms with Crippen molar-refractivity contribution < 1.29 is 19.8 Å². The number of amides is 2. The monoisotopic (exact) mass is 315 g/mol. The van der Waals surface area contributed by atoms with E-state index in [1.165, 1.54) is 12.8 Å². The van der Waals surface area contributed by atoms with Gasteiger partial charge >= 0.3 is 0 Å². The number of carbonyl (C=O) groups is 2. The highest BCUT2D eigenvalue weighted by molar-refractivity contribution is 5.82. The van der Waals surface area contributed by atoms with Crippen LogP contribution in [-0.2, 0) is 9.59 Å². The zero-order valence-electron chi connectivity index (χ0n) is 13.6. The van der Waals surface area contributed by atoms with Gasteiger partial charge in [0.25, 0.3) is 0 Å². The minimum atomic E-state index is -1.30. The van der Waals surface area contributed by atoms with E-state index in [0.717, 1.165) is 19.6 Å². The first-order valence-electron chi connectivity index (χ1n) is 7.92. The summed E-state index contributed by atoms with van der Waals surface area (Å²) in [5.41, 5.74) is -0.901. The Kier molecular flexibility index (Phi) is 7.78. The third-order valence-corrected chi connectivity index (χ3v) is 4.00. The summed E-state index contributed by atoms with van der Waals surface area (Å²) in [6.07, 6.45) is 1.34. The topological polar surface area (TPSA) is 102 Å². The molecule has 0 aromatic rings. The van der Waals surface area contributed by atoms with E-state index in [-0.39, 0.29) is 25.5 Å². The molecule has 0 bridgehead atoms. The van der Waals surface area contributed by atoms with Gasteiger partial charge in [0, 0.05) is 31.5 Å². The van der Waals surface area contributed by atoms with Gasteiger partial charge in [-0.25, -0.2) is 0 Å². The lowest BCUT2D eigenvalue weighted by Crippen LogP contribution is -2.46. The number of nitrogens with one attached hydrogen (secondary N) is 2. The second-order valence-corrected chi connectivity index (χ2v) is 6.49. The van der Waals surface area contributed by atoms with Crippen molar-refractivity contribution in [1.82, 2.24) is 15.5 Å². The Morgan fingerprint density at radius 1 is 1.18 bits per heavy atom. The molecule has 22 heavy (non-hydrogen) atoms. The van der Waals surface area contributed by atoms with Gasteiger partial charge in [0.05, 0.1) is 6.61 Å². The van der Waals surface area contributed by atoms with E-state index in [2.05, 4.69) is 15.5 Å². The Balaban J connectivity index is 2.12. The Labute approximate surface area is 132 Å². The number of aliphatic hydroxyl groups excluding tert-OH is 2. The fourth-order valence-electron chi connectivity index (χ4n) is 2.29. The van der Waals surface area contributed by atoms with Gasteiger partial charge in [0.1, 0.15) is 6.10 Å². The Morgan fingerprint density at radius 2 is 1.82 bits per heavy atom. The van der Waals surface area contributed by atoms with Crippen LogP contribution in [0.2, 0.25) is 0 Å². The van der Waals surface area contributed by atoms with E-state index in [0.29, 0.717) is 6.54 Å². The molecule has 7 nitrogen and oxygen atoms in total. The average molecular weight is 315 g/mol. The molecule has 0 unspecified atom stereocenters. The van der Waals surface area contributed by atoms with Crippen molar-refractivity contribution in [2.75, 3.05) is 39.3 Å². The molecule has 1 saturated heterocycles. The quantitative estimate of drug-likeness (QED) is 0.441. The maximum absolute atomic E-state index is 11.7. The standard InChI is InChI=1S/C15H29N3O4/c1-15(2,11-19)13(21)14(22)17-6-5-12(20)16-7-10-18-8-3-4-9-18/h13,19,21H,3-11H2,1-2H3,(H,16,20)(H,17,22)/t13-/m0/s1. The van der Waals surface area contributed by atoms with Crippen LogP contribution in [0.3, 0.4) is 0 Å². The smallest absolute Gasteiger partial charge is 0.249 e. The molecule has 0 spiro atoms. The number of carbonyl (C=O) groups excluding carboxylic acids is 2. The van der Waals surface area contributed by atoms with Crippen LogP contribution in [0.4, 0.5) is 0 Å². The Bertz CT molecular complexity index is 368. The molecule has 7 heteroatoms. The predicted molar refractivity (Wildman–Crippen MR) is 83.2 cm³/mol. The van der Waals surface area contributed by atoms with Gasteiger partial charge in [-0.1, -0.05) is 13.8 Å². The van der Waals surface area contributed by atoms with Crippen molar-refractivity contribution in [3.8, 4) is 0 Å². The summed E-state index contributed by atoms with van der Waals surface area (Å²) in [4.78, 5) is 25.7. The number of aliphatic hydroxyl groups is 2. The van der Waals surface area contributed by atoms with Crippen LogP contribution < -0.4 is 10.6 Å². The van der Waals surface area contributed by atoms with Crippen molar-refractivity contribution in [3.05, 3.63) is 0 Å². The van der Waals surface area contributed by atoms with Gasteiger partial charge in [-0.2, -0.15) is 0 Å². The van der Waals surface area contributed by atoms with E-state index in [9.17, 15) is 14.7 Å². The molecule has 0 aromatic heterocycles. The maximum Gasteiger partial charge on any atom is 0.249 e. The molecule has 0 aliphatic carbocycles. The predicted octanol–water partition coefficient (Wildman–Crippen LogP) is -0.916. The van der Waals surface area contributed by atoms with E-state index >= 15 is 0 Å². The fourth-order valence-corrected chi connectivity index (χ4v) is 2.29. The highest BCUT2D eigenvalue weighted by Crippen LogP contribution is 2.19. The summed E-state index contributed by atoms with van der Waals surface area (Å²) < 4.78 is 0. The largest absolute Gasteiger partial charge is 0.396 e. The van der Waals surface area contributed by atoms with Crippen LogP contribution in [0.1, 0.15) is 33.1 Å². The molecule has 1 aliphatic heterocycles. The van der Waals surface area contributed by atoms with Crippen molar-refractivity contribution in [2.24, 2.45) is 5.41 Å². The minimum absolute atomic E-state index is 0.115. The molecule has 1 aliphatic rings. The van der Waals surface area contributed by atoms with E-state index < -0.39 is 17.4 Å². The molecule has 1 heterocycles. The van der Waals surface area contributed by atoms with E-state index in [4.69, 9.17) is 5.11 Å². The summed E-state index contributed by atoms with van der Waals surface area (Å²) in [6.45, 7) is 6.76. The van der Waals surface area contributed by atoms with Crippen LogP contribution in [-0.4, -0.2) is 72.4 Å². The van der Waals surface area contributed by atoms with Crippen LogP contribution >= 0.6 is 0 Å². The Hall–Kier alpha value is -1.18. The molecule has 0 saturated carbocycles. The molecule has 0 aromatic carbocycles. The van der Waals surface area contributed by atoms with Crippen LogP contribution in [0, 0.1) is 5.41 Å². The molecule has 2 amide bonds. The van der Waals surface area contributed by atoms with Gasteiger partial charge < -0.3 is 25.7 Å². The van der Waals surface area contributed by atoms with E-state index in [1.807, 2.05) is 0 Å². The summed E-state index contributed by atoms with van der Waals surface area (Å²) in [5, 5.41) is 24.2. The van der Waals surface area contributed by atoms with Crippen molar-refractivity contribution in [2.45, 2.75) is 39.2 Å². The number of likely N-dealkylation sites (tertiary alicyclic amines) is 1. The minimum Gasteiger partial charge on any atom is -0.396 e. The lowest BCUT2D eigenvalue weighted by molar-refractivity contribution is -0.137. The number of nitrogens with zero attached hydrogens (tertiary/aromatic N) is 1. The normalized spacial score (nSPS) is 17.3. The first kappa shape index (κ1) is 18.9. The van der Waals surface area contributed by atoms with Gasteiger partial charge in [-0.15, -0.1) is 0 Å². The molecule has 128 valence electrons. The van der Waals surface area contributed by atoms with Crippen LogP contribution in [0.15, 0.2) is 0 Å². The molecule has 4 N–H and O–H groups in total. The van der Waals surface area contributed by atoms with Gasteiger partial charge in [-0.3, -0.25) is 9.59 Å². The summed E-state index contributed by atoms with van der Waals surface area (Å²) in [5.74, 6) is -0.681. The van der Waals surface area contributed by atoms with Crippen molar-refractivity contribution in [3.63, 3.8) is 0 Å². The second-order valence-electron chi connectivity index (χ2n) is 6.49. The first-order valence-corrected chi connectivity index (χ1v) is 7.92. The zero-order chi connectivity index (χ0) is 16.6. The molecule has 1 rings (SSSR count). The molecular weight excluding hydrogens is 286 g/mol. The van der Waals surface area contributed by atoms with Gasteiger partial charge in [0.2, 0.25) is 11.8 Å². The van der Waals surface area contributed by atoms with Crippen molar-refractivity contribution >= 4 is 11.8 Å². The summed E-state index contributed by atoms with van der Waals surface area (Å²) in [6, 6.07) is 0. The number of rotatable bonds is 9. The number of hydrogen-bond donors (Lipinski definition) is 4. The molecule has 0 radical (unpaired) electrons. The van der Waals surface area contributed by atoms with Crippen molar-refractivity contribution in [1.29, 1.82) is 0 Å².